The largest absolute Gasteiger partial charge is 0.208 e. The summed E-state index contributed by atoms with van der Waals surface area (Å²) in [6.45, 7) is 20.2. The van der Waals surface area contributed by atoms with Crippen LogP contribution < -0.4 is 0 Å². The normalized spacial score (nSPS) is 11.4. The second-order valence-corrected chi connectivity index (χ2v) is 27.8. The van der Waals surface area contributed by atoms with Crippen LogP contribution in [-0.4, -0.2) is 39.2 Å². The monoisotopic (exact) mass is 597 g/mol. The summed E-state index contributed by atoms with van der Waals surface area (Å²) in [7, 11) is -4.36. The van der Waals surface area contributed by atoms with Crippen molar-refractivity contribution in [2.75, 3.05) is 0 Å². The molecule has 0 fully saturated rings. The smallest absolute Gasteiger partial charge is 0.164 e. The Labute approximate surface area is 255 Å². The molecule has 4 rings (SSSR count). The first-order valence-electron chi connectivity index (χ1n) is 14.3. The summed E-state index contributed by atoms with van der Waals surface area (Å²) in [5.74, 6) is 11.9. The molecule has 0 bridgehead atoms. The van der Waals surface area contributed by atoms with Gasteiger partial charge < -0.3 is 0 Å². The molecule has 0 saturated heterocycles. The average molecular weight is 598 g/mol. The van der Waals surface area contributed by atoms with Gasteiger partial charge in [-0.3, -0.25) is 0 Å². The van der Waals surface area contributed by atoms with Gasteiger partial charge in [-0.25, -0.2) is 15.0 Å². The van der Waals surface area contributed by atoms with Gasteiger partial charge in [0.2, 0.25) is 0 Å². The van der Waals surface area contributed by atoms with Crippen molar-refractivity contribution in [3.05, 3.63) is 89.5 Å². The fourth-order valence-electron chi connectivity index (χ4n) is 3.65. The Balaban J connectivity index is 1.76. The zero-order valence-electron chi connectivity index (χ0n) is 26.3. The molecular formula is C36H39N3Si3. The maximum atomic E-state index is 4.90. The molecule has 1 aromatic heterocycles. The Morgan fingerprint density at radius 2 is 0.571 bits per heavy atom. The third kappa shape index (κ3) is 9.54. The molecule has 0 N–H and O–H groups in total. The van der Waals surface area contributed by atoms with Crippen molar-refractivity contribution >= 4 is 24.2 Å². The molecule has 0 unspecified atom stereocenters. The van der Waals surface area contributed by atoms with Crippen LogP contribution in [0.2, 0.25) is 58.9 Å². The second kappa shape index (κ2) is 12.5. The minimum atomic E-state index is -1.45. The summed E-state index contributed by atoms with van der Waals surface area (Å²) >= 11 is 0. The van der Waals surface area contributed by atoms with Crippen molar-refractivity contribution in [3.63, 3.8) is 0 Å². The number of benzene rings is 3. The summed E-state index contributed by atoms with van der Waals surface area (Å²) in [6.07, 6.45) is 0. The van der Waals surface area contributed by atoms with E-state index in [-0.39, 0.29) is 0 Å². The number of hydrogen-bond acceptors (Lipinski definition) is 3. The van der Waals surface area contributed by atoms with Crippen molar-refractivity contribution in [1.29, 1.82) is 0 Å². The van der Waals surface area contributed by atoms with Gasteiger partial charge in [0.25, 0.3) is 0 Å². The first-order chi connectivity index (χ1) is 19.6. The molecule has 3 aromatic carbocycles. The summed E-state index contributed by atoms with van der Waals surface area (Å²) in [6, 6.07) is 24.5. The van der Waals surface area contributed by atoms with Crippen molar-refractivity contribution < 1.29 is 0 Å². The zero-order valence-corrected chi connectivity index (χ0v) is 29.3. The number of aromatic nitrogens is 3. The lowest BCUT2D eigenvalue weighted by Gasteiger charge is -2.09. The molecule has 0 spiro atoms. The van der Waals surface area contributed by atoms with Crippen LogP contribution in [0.1, 0.15) is 16.7 Å². The van der Waals surface area contributed by atoms with E-state index in [2.05, 4.69) is 93.3 Å². The first-order valence-corrected chi connectivity index (χ1v) is 24.8. The maximum Gasteiger partial charge on any atom is 0.164 e. The van der Waals surface area contributed by atoms with E-state index in [1.807, 2.05) is 72.8 Å². The maximum absolute atomic E-state index is 4.90. The molecular weight excluding hydrogens is 559 g/mol. The van der Waals surface area contributed by atoms with Gasteiger partial charge in [0.1, 0.15) is 24.2 Å². The molecule has 1 heterocycles. The Hall–Kier alpha value is -4.00. The summed E-state index contributed by atoms with van der Waals surface area (Å²) in [5.41, 5.74) is 16.1. The number of nitrogens with zero attached hydrogens (tertiary/aromatic N) is 3. The summed E-state index contributed by atoms with van der Waals surface area (Å²) in [4.78, 5) is 14.7. The van der Waals surface area contributed by atoms with Crippen LogP contribution in [0.25, 0.3) is 34.2 Å². The highest BCUT2D eigenvalue weighted by molar-refractivity contribution is 6.84. The Bertz CT molecular complexity index is 1530. The van der Waals surface area contributed by atoms with Crippen LogP contribution in [0.15, 0.2) is 72.8 Å². The standard InChI is InChI=1S/C36H39N3Si3/c1-40(2,3)25-22-28-10-16-31(17-11-28)34-37-35(32-18-12-29(13-19-32)23-26-41(4,5)6)39-36(38-34)33-20-14-30(15-21-33)24-27-42(7,8)9/h10-21H,1-9H3. The first kappa shape index (κ1) is 30.9. The minimum Gasteiger partial charge on any atom is -0.208 e. The fourth-order valence-corrected chi connectivity index (χ4v) is 5.21. The van der Waals surface area contributed by atoms with Crippen LogP contribution in [-0.2, 0) is 0 Å². The molecule has 0 radical (unpaired) electrons. The molecule has 0 amide bonds. The Morgan fingerprint density at radius 1 is 0.357 bits per heavy atom. The molecule has 0 aliphatic rings. The molecule has 0 saturated carbocycles. The van der Waals surface area contributed by atoms with E-state index in [9.17, 15) is 0 Å². The molecule has 6 heteroatoms. The predicted octanol–water partition coefficient (Wildman–Crippen LogP) is 8.56. The molecule has 0 aliphatic carbocycles. The van der Waals surface area contributed by atoms with Crippen molar-refractivity contribution in [1.82, 2.24) is 15.0 Å². The Morgan fingerprint density at radius 3 is 0.762 bits per heavy atom. The zero-order chi connectivity index (χ0) is 30.5. The second-order valence-electron chi connectivity index (χ2n) is 13.5. The lowest BCUT2D eigenvalue weighted by Crippen LogP contribution is -2.16. The van der Waals surface area contributed by atoms with Crippen molar-refractivity contribution in [2.45, 2.75) is 58.9 Å². The van der Waals surface area contributed by atoms with Gasteiger partial charge in [-0.15, -0.1) is 16.6 Å². The molecule has 0 atom stereocenters. The van der Waals surface area contributed by atoms with Gasteiger partial charge in [-0.2, -0.15) is 0 Å². The third-order valence-corrected chi connectivity index (χ3v) is 8.44. The van der Waals surface area contributed by atoms with Crippen LogP contribution in [0.5, 0.6) is 0 Å². The van der Waals surface area contributed by atoms with E-state index >= 15 is 0 Å². The van der Waals surface area contributed by atoms with Crippen LogP contribution in [0.3, 0.4) is 0 Å². The molecule has 0 aliphatic heterocycles. The van der Waals surface area contributed by atoms with Crippen molar-refractivity contribution in [2.24, 2.45) is 0 Å². The number of hydrogen-bond donors (Lipinski definition) is 0. The highest BCUT2D eigenvalue weighted by Crippen LogP contribution is 2.25. The highest BCUT2D eigenvalue weighted by Gasteiger charge is 2.14. The minimum absolute atomic E-state index is 0.630. The molecule has 4 aromatic rings. The van der Waals surface area contributed by atoms with E-state index < -0.39 is 24.2 Å². The summed E-state index contributed by atoms with van der Waals surface area (Å²) in [5, 5.41) is 0. The van der Waals surface area contributed by atoms with Gasteiger partial charge >= 0.3 is 0 Å². The quantitative estimate of drug-likeness (QED) is 0.175. The van der Waals surface area contributed by atoms with Gasteiger partial charge in [-0.1, -0.05) is 76.7 Å². The lowest BCUT2D eigenvalue weighted by molar-refractivity contribution is 1.07. The predicted molar refractivity (Wildman–Crippen MR) is 187 cm³/mol. The van der Waals surface area contributed by atoms with E-state index in [4.69, 9.17) is 15.0 Å². The van der Waals surface area contributed by atoms with Crippen molar-refractivity contribution in [3.8, 4) is 68.6 Å². The van der Waals surface area contributed by atoms with Gasteiger partial charge in [-0.05, 0) is 72.8 Å². The van der Waals surface area contributed by atoms with E-state index in [0.717, 1.165) is 33.4 Å². The average Bonchev–Trinajstić information content (AvgIpc) is 2.93. The van der Waals surface area contributed by atoms with Crippen LogP contribution >= 0.6 is 0 Å². The van der Waals surface area contributed by atoms with Gasteiger partial charge in [0, 0.05) is 33.4 Å². The van der Waals surface area contributed by atoms with Crippen LogP contribution in [0, 0.1) is 34.4 Å². The number of rotatable bonds is 3. The van der Waals surface area contributed by atoms with E-state index in [1.54, 1.807) is 0 Å². The Kier molecular flexibility index (Phi) is 9.19. The van der Waals surface area contributed by atoms with E-state index in [1.165, 1.54) is 0 Å². The van der Waals surface area contributed by atoms with E-state index in [0.29, 0.717) is 17.5 Å². The molecule has 3 nitrogen and oxygen atoms in total. The SMILES string of the molecule is C[Si](C)(C)C#Cc1ccc(-c2nc(-c3ccc(C#C[Si](C)(C)C)cc3)nc(-c3ccc(C#C[Si](C)(C)C)cc3)n2)cc1. The lowest BCUT2D eigenvalue weighted by atomic mass is 10.1. The highest BCUT2D eigenvalue weighted by atomic mass is 28.3. The topological polar surface area (TPSA) is 38.7 Å². The fraction of sp³-hybridized carbons (Fsp3) is 0.250. The molecule has 210 valence electrons. The van der Waals surface area contributed by atoms with Gasteiger partial charge in [0.15, 0.2) is 17.5 Å². The molecule has 42 heavy (non-hydrogen) atoms. The van der Waals surface area contributed by atoms with Gasteiger partial charge in [0.05, 0.1) is 0 Å². The summed E-state index contributed by atoms with van der Waals surface area (Å²) < 4.78 is 0. The third-order valence-electron chi connectivity index (χ3n) is 5.81. The van der Waals surface area contributed by atoms with Crippen LogP contribution in [0.4, 0.5) is 0 Å².